The van der Waals surface area contributed by atoms with Gasteiger partial charge in [-0.2, -0.15) is 15.3 Å². The Bertz CT molecular complexity index is 985. The van der Waals surface area contributed by atoms with Gasteiger partial charge in [-0.15, -0.1) is 0 Å². The molecule has 1 aliphatic heterocycles. The van der Waals surface area contributed by atoms with Gasteiger partial charge >= 0.3 is 0 Å². The number of carbonyl (C=O) groups excluding carboxylic acids is 1. The van der Waals surface area contributed by atoms with E-state index in [1.807, 2.05) is 6.07 Å². The van der Waals surface area contributed by atoms with Crippen molar-refractivity contribution < 1.29 is 4.79 Å². The zero-order valence-corrected chi connectivity index (χ0v) is 14.5. The molecule has 0 saturated carbocycles. The Morgan fingerprint density at radius 2 is 2.23 bits per heavy atom. The van der Waals surface area contributed by atoms with Crippen LogP contribution in [0.3, 0.4) is 0 Å². The zero-order chi connectivity index (χ0) is 18.3. The third-order valence-corrected chi connectivity index (χ3v) is 4.94. The number of anilines is 1. The van der Waals surface area contributed by atoms with Crippen molar-refractivity contribution in [1.82, 2.24) is 15.2 Å². The lowest BCUT2D eigenvalue weighted by Gasteiger charge is -2.38. The molecule has 0 spiro atoms. The van der Waals surface area contributed by atoms with Crippen molar-refractivity contribution in [2.45, 2.75) is 25.2 Å². The van der Waals surface area contributed by atoms with E-state index in [2.05, 4.69) is 21.3 Å². The van der Waals surface area contributed by atoms with Crippen LogP contribution in [-0.2, 0) is 4.79 Å². The topological polar surface area (TPSA) is 112 Å². The van der Waals surface area contributed by atoms with E-state index in [-0.39, 0.29) is 11.6 Å². The van der Waals surface area contributed by atoms with Crippen LogP contribution >= 0.6 is 11.6 Å². The third kappa shape index (κ3) is 2.47. The highest BCUT2D eigenvalue weighted by Crippen LogP contribution is 2.45. The van der Waals surface area contributed by atoms with Gasteiger partial charge in [0.05, 0.1) is 17.6 Å². The van der Waals surface area contributed by atoms with E-state index >= 15 is 0 Å². The molecule has 3 N–H and O–H groups in total. The van der Waals surface area contributed by atoms with Crippen LogP contribution < -0.4 is 10.6 Å². The lowest BCUT2D eigenvalue weighted by Crippen LogP contribution is -2.39. The number of ketones is 1. The number of benzene rings is 1. The van der Waals surface area contributed by atoms with Gasteiger partial charge in [0.1, 0.15) is 12.1 Å². The smallest absolute Gasteiger partial charge is 0.231 e. The number of rotatable bonds is 2. The van der Waals surface area contributed by atoms with Gasteiger partial charge in [-0.3, -0.25) is 9.69 Å². The summed E-state index contributed by atoms with van der Waals surface area (Å²) in [5, 5.41) is 17.0. The van der Waals surface area contributed by atoms with E-state index < -0.39 is 5.92 Å². The summed E-state index contributed by atoms with van der Waals surface area (Å²) in [7, 11) is 0. The Kier molecular flexibility index (Phi) is 3.98. The quantitative estimate of drug-likeness (QED) is 0.845. The maximum atomic E-state index is 12.8. The molecular weight excluding hydrogens is 352 g/mol. The molecule has 0 amide bonds. The number of nitrogens with one attached hydrogen (secondary N) is 1. The summed E-state index contributed by atoms with van der Waals surface area (Å²) in [6.45, 7) is 0. The van der Waals surface area contributed by atoms with Gasteiger partial charge in [0.25, 0.3) is 0 Å². The second kappa shape index (κ2) is 6.32. The molecule has 2 heterocycles. The molecule has 8 heteroatoms. The van der Waals surface area contributed by atoms with E-state index in [1.165, 1.54) is 6.33 Å². The Hall–Kier alpha value is -3.11. The molecular formula is C18H15ClN6O. The second-order valence-corrected chi connectivity index (χ2v) is 6.62. The summed E-state index contributed by atoms with van der Waals surface area (Å²) in [4.78, 5) is 18.6. The molecule has 2 aromatic rings. The fraction of sp³-hybridized carbons (Fsp3) is 0.222. The van der Waals surface area contributed by atoms with Gasteiger partial charge in [-0.05, 0) is 30.5 Å². The monoisotopic (exact) mass is 366 g/mol. The first-order valence-electron chi connectivity index (χ1n) is 8.18. The number of aromatic nitrogens is 3. The van der Waals surface area contributed by atoms with Gasteiger partial charge in [0.15, 0.2) is 5.78 Å². The van der Waals surface area contributed by atoms with E-state index in [9.17, 15) is 10.1 Å². The molecule has 4 rings (SSSR count). The predicted octanol–water partition coefficient (Wildman–Crippen LogP) is 2.76. The number of H-pyrrole nitrogens is 1. The van der Waals surface area contributed by atoms with E-state index in [1.54, 1.807) is 23.1 Å². The minimum Gasteiger partial charge on any atom is -0.384 e. The SMILES string of the molecule is N#CC1=C(N)N(c2ncn[nH]2)C2=C(C(=O)CCC2)C1c1cccc(Cl)c1. The van der Waals surface area contributed by atoms with Gasteiger partial charge in [0.2, 0.25) is 5.95 Å². The average molecular weight is 367 g/mol. The number of hydrogen-bond acceptors (Lipinski definition) is 6. The summed E-state index contributed by atoms with van der Waals surface area (Å²) in [6, 6.07) is 9.38. The van der Waals surface area contributed by atoms with Gasteiger partial charge in [-0.25, -0.2) is 5.10 Å². The van der Waals surface area contributed by atoms with E-state index in [0.717, 1.165) is 17.7 Å². The summed E-state index contributed by atoms with van der Waals surface area (Å²) < 4.78 is 0. The number of allylic oxidation sites excluding steroid dienone is 3. The normalized spacial score (nSPS) is 20.2. The lowest BCUT2D eigenvalue weighted by molar-refractivity contribution is -0.116. The minimum absolute atomic E-state index is 0.0148. The molecule has 1 aliphatic carbocycles. The van der Waals surface area contributed by atoms with Crippen LogP contribution in [0.5, 0.6) is 0 Å². The zero-order valence-electron chi connectivity index (χ0n) is 13.7. The maximum Gasteiger partial charge on any atom is 0.231 e. The Morgan fingerprint density at radius 3 is 2.92 bits per heavy atom. The molecule has 1 aromatic carbocycles. The molecule has 7 nitrogen and oxygen atoms in total. The fourth-order valence-electron chi connectivity index (χ4n) is 3.65. The van der Waals surface area contributed by atoms with Crippen molar-refractivity contribution in [3.05, 3.63) is 63.8 Å². The van der Waals surface area contributed by atoms with Crippen LogP contribution in [0.4, 0.5) is 5.95 Å². The van der Waals surface area contributed by atoms with Crippen LogP contribution in [0, 0.1) is 11.3 Å². The highest BCUT2D eigenvalue weighted by Gasteiger charge is 2.41. The minimum atomic E-state index is -0.527. The molecule has 2 aliphatic rings. The first-order chi connectivity index (χ1) is 12.6. The van der Waals surface area contributed by atoms with Crippen molar-refractivity contribution in [3.63, 3.8) is 0 Å². The molecule has 130 valence electrons. The Morgan fingerprint density at radius 1 is 1.38 bits per heavy atom. The first-order valence-corrected chi connectivity index (χ1v) is 8.56. The largest absolute Gasteiger partial charge is 0.384 e. The molecule has 1 unspecified atom stereocenters. The van der Waals surface area contributed by atoms with Gasteiger partial charge in [-0.1, -0.05) is 23.7 Å². The van der Waals surface area contributed by atoms with Crippen molar-refractivity contribution in [1.29, 1.82) is 5.26 Å². The maximum absolute atomic E-state index is 12.8. The Labute approximate surface area is 154 Å². The molecule has 1 aromatic heterocycles. The summed E-state index contributed by atoms with van der Waals surface area (Å²) >= 11 is 6.15. The average Bonchev–Trinajstić information content (AvgIpc) is 3.15. The number of Topliss-reactive ketones (excluding diaryl/α,β-unsaturated/α-hetero) is 1. The number of nitrogens with two attached hydrogens (primary N) is 1. The van der Waals surface area contributed by atoms with Crippen LogP contribution in [0.15, 0.2) is 53.3 Å². The van der Waals surface area contributed by atoms with E-state index in [0.29, 0.717) is 35.0 Å². The number of nitrogens with zero attached hydrogens (tertiary/aromatic N) is 4. The predicted molar refractivity (Wildman–Crippen MR) is 95.8 cm³/mol. The number of hydrogen-bond donors (Lipinski definition) is 2. The standard InChI is InChI=1S/C18H15ClN6O/c19-11-4-1-3-10(7-11)15-12(8-20)17(21)25(18-22-9-23-24-18)13-5-2-6-14(26)16(13)15/h1,3-4,7,9,15H,2,5-6,21H2,(H,22,23,24). The van der Waals surface area contributed by atoms with Gasteiger partial charge < -0.3 is 5.73 Å². The van der Waals surface area contributed by atoms with Crippen LogP contribution in [0.2, 0.25) is 5.02 Å². The molecule has 0 bridgehead atoms. The molecule has 0 saturated heterocycles. The summed E-state index contributed by atoms with van der Waals surface area (Å²) in [5.41, 5.74) is 8.79. The molecule has 26 heavy (non-hydrogen) atoms. The lowest BCUT2D eigenvalue weighted by atomic mass is 9.76. The second-order valence-electron chi connectivity index (χ2n) is 6.18. The van der Waals surface area contributed by atoms with Gasteiger partial charge in [0, 0.05) is 22.7 Å². The van der Waals surface area contributed by atoms with Crippen molar-refractivity contribution in [2.24, 2.45) is 5.73 Å². The first kappa shape index (κ1) is 16.4. The highest BCUT2D eigenvalue weighted by molar-refractivity contribution is 6.30. The highest BCUT2D eigenvalue weighted by atomic mass is 35.5. The van der Waals surface area contributed by atoms with Crippen LogP contribution in [0.25, 0.3) is 0 Å². The molecule has 1 atom stereocenters. The number of halogens is 1. The number of aromatic amines is 1. The van der Waals surface area contributed by atoms with Crippen LogP contribution in [-0.4, -0.2) is 21.0 Å². The summed E-state index contributed by atoms with van der Waals surface area (Å²) in [5.74, 6) is 0.131. The Balaban J connectivity index is 1.98. The van der Waals surface area contributed by atoms with Crippen LogP contribution in [0.1, 0.15) is 30.7 Å². The van der Waals surface area contributed by atoms with Crippen molar-refractivity contribution in [3.8, 4) is 6.07 Å². The van der Waals surface area contributed by atoms with Crippen molar-refractivity contribution >= 4 is 23.3 Å². The fourth-order valence-corrected chi connectivity index (χ4v) is 3.85. The van der Waals surface area contributed by atoms with Crippen molar-refractivity contribution in [2.75, 3.05) is 4.90 Å². The summed E-state index contributed by atoms with van der Waals surface area (Å²) in [6.07, 6.45) is 3.19. The van der Waals surface area contributed by atoms with E-state index in [4.69, 9.17) is 17.3 Å². The number of carbonyl (C=O) groups is 1. The number of nitriles is 1. The molecule has 0 radical (unpaired) electrons. The molecule has 0 fully saturated rings. The third-order valence-electron chi connectivity index (χ3n) is 4.71.